The minimum Gasteiger partial charge on any atom is -0.454 e. The highest BCUT2D eigenvalue weighted by Crippen LogP contribution is 2.34. The van der Waals surface area contributed by atoms with E-state index in [1.165, 1.54) is 12.1 Å². The highest BCUT2D eigenvalue weighted by atomic mass is 16.7. The highest BCUT2D eigenvalue weighted by molar-refractivity contribution is 5.98. The molecule has 0 saturated heterocycles. The number of aromatic nitrogens is 2. The van der Waals surface area contributed by atoms with E-state index in [-0.39, 0.29) is 19.0 Å². The first kappa shape index (κ1) is 14.6. The van der Waals surface area contributed by atoms with Crippen LogP contribution in [0.25, 0.3) is 0 Å². The number of anilines is 1. The van der Waals surface area contributed by atoms with E-state index >= 15 is 0 Å². The average molecular weight is 316 g/mol. The van der Waals surface area contributed by atoms with Crippen LogP contribution in [0.4, 0.5) is 5.69 Å². The van der Waals surface area contributed by atoms with Crippen LogP contribution >= 0.6 is 0 Å². The molecule has 0 spiro atoms. The number of ether oxygens (including phenoxy) is 2. The van der Waals surface area contributed by atoms with Gasteiger partial charge in [0.05, 0.1) is 6.54 Å². The molecule has 3 rings (SSSR count). The van der Waals surface area contributed by atoms with Gasteiger partial charge < -0.3 is 20.1 Å². The van der Waals surface area contributed by atoms with E-state index in [0.29, 0.717) is 17.2 Å². The molecule has 23 heavy (non-hydrogen) atoms. The third kappa shape index (κ3) is 3.46. The summed E-state index contributed by atoms with van der Waals surface area (Å²) in [7, 11) is 0. The molecular formula is C14H12N4O5. The summed E-state index contributed by atoms with van der Waals surface area (Å²) < 4.78 is 10.4. The molecule has 0 saturated carbocycles. The maximum absolute atomic E-state index is 11.8. The molecule has 1 aromatic heterocycles. The van der Waals surface area contributed by atoms with Crippen molar-refractivity contribution in [1.82, 2.24) is 15.5 Å². The van der Waals surface area contributed by atoms with Gasteiger partial charge in [-0.2, -0.15) is 5.10 Å². The molecule has 0 bridgehead atoms. The lowest BCUT2D eigenvalue weighted by Crippen LogP contribution is -2.33. The molecule has 118 valence electrons. The predicted molar refractivity (Wildman–Crippen MR) is 78.4 cm³/mol. The molecular weight excluding hydrogens is 304 g/mol. The third-order valence-corrected chi connectivity index (χ3v) is 2.98. The Morgan fingerprint density at radius 3 is 2.78 bits per heavy atom. The Balaban J connectivity index is 1.54. The topological polar surface area (TPSA) is 122 Å². The van der Waals surface area contributed by atoms with E-state index in [0.717, 1.165) is 0 Å². The van der Waals surface area contributed by atoms with Crippen LogP contribution < -0.4 is 25.7 Å². The number of nitrogens with one attached hydrogen (secondary N) is 3. The molecule has 3 N–H and O–H groups in total. The molecule has 2 amide bonds. The quantitative estimate of drug-likeness (QED) is 0.722. The fourth-order valence-corrected chi connectivity index (χ4v) is 1.90. The molecule has 2 aromatic rings. The first-order chi connectivity index (χ1) is 11.1. The Kier molecular flexibility index (Phi) is 3.91. The van der Waals surface area contributed by atoms with Gasteiger partial charge in [-0.05, 0) is 18.2 Å². The number of hydrogen-bond acceptors (Lipinski definition) is 6. The van der Waals surface area contributed by atoms with E-state index in [2.05, 4.69) is 20.8 Å². The van der Waals surface area contributed by atoms with Crippen LogP contribution in [-0.4, -0.2) is 35.3 Å². The van der Waals surface area contributed by atoms with Crippen molar-refractivity contribution in [3.63, 3.8) is 0 Å². The molecule has 1 aromatic carbocycles. The van der Waals surface area contributed by atoms with Crippen LogP contribution in [0, 0.1) is 0 Å². The molecule has 0 radical (unpaired) electrons. The van der Waals surface area contributed by atoms with Crippen molar-refractivity contribution in [1.29, 1.82) is 0 Å². The SMILES string of the molecule is O=C(CNC(=O)c1ccc(=O)[nH]n1)Nc1ccc2c(c1)OCO2. The Bertz CT molecular complexity index is 797. The molecule has 0 aliphatic carbocycles. The number of carbonyl (C=O) groups is 2. The van der Waals surface area contributed by atoms with Gasteiger partial charge in [-0.25, -0.2) is 5.10 Å². The third-order valence-electron chi connectivity index (χ3n) is 2.98. The summed E-state index contributed by atoms with van der Waals surface area (Å²) in [6, 6.07) is 7.42. The summed E-state index contributed by atoms with van der Waals surface area (Å²) in [5.74, 6) is 0.174. The number of rotatable bonds is 4. The van der Waals surface area contributed by atoms with E-state index in [9.17, 15) is 14.4 Å². The number of carbonyl (C=O) groups excluding carboxylic acids is 2. The van der Waals surface area contributed by atoms with Crippen molar-refractivity contribution in [2.75, 3.05) is 18.7 Å². The zero-order valence-electron chi connectivity index (χ0n) is 11.8. The molecule has 9 nitrogen and oxygen atoms in total. The Hall–Kier alpha value is -3.36. The summed E-state index contributed by atoms with van der Waals surface area (Å²) in [4.78, 5) is 34.4. The normalized spacial score (nSPS) is 11.8. The average Bonchev–Trinajstić information content (AvgIpc) is 3.01. The second-order valence-corrected chi connectivity index (χ2v) is 4.61. The first-order valence-electron chi connectivity index (χ1n) is 6.65. The first-order valence-corrected chi connectivity index (χ1v) is 6.65. The van der Waals surface area contributed by atoms with Crippen molar-refractivity contribution in [3.05, 3.63) is 46.4 Å². The van der Waals surface area contributed by atoms with Crippen LogP contribution in [0.2, 0.25) is 0 Å². The maximum atomic E-state index is 11.8. The van der Waals surface area contributed by atoms with Crippen LogP contribution in [0.3, 0.4) is 0 Å². The van der Waals surface area contributed by atoms with Crippen LogP contribution in [-0.2, 0) is 4.79 Å². The monoisotopic (exact) mass is 316 g/mol. The van der Waals surface area contributed by atoms with Gasteiger partial charge in [-0.3, -0.25) is 14.4 Å². The summed E-state index contributed by atoms with van der Waals surface area (Å²) in [6.45, 7) is -0.0942. The fourth-order valence-electron chi connectivity index (χ4n) is 1.90. The Morgan fingerprint density at radius 1 is 1.17 bits per heavy atom. The van der Waals surface area contributed by atoms with Crippen LogP contribution in [0.1, 0.15) is 10.5 Å². The lowest BCUT2D eigenvalue weighted by Gasteiger charge is -2.07. The van der Waals surface area contributed by atoms with Crippen molar-refractivity contribution in [3.8, 4) is 11.5 Å². The van der Waals surface area contributed by atoms with Crippen LogP contribution in [0.5, 0.6) is 11.5 Å². The number of hydrogen-bond donors (Lipinski definition) is 3. The van der Waals surface area contributed by atoms with Gasteiger partial charge in [0.15, 0.2) is 11.5 Å². The number of aromatic amines is 1. The molecule has 9 heteroatoms. The standard InChI is InChI=1S/C14H12N4O5/c19-12-4-2-9(17-18-12)14(21)15-6-13(20)16-8-1-3-10-11(5-8)23-7-22-10/h1-5H,6-7H2,(H,15,21)(H,16,20)(H,18,19). The van der Waals surface area contributed by atoms with Gasteiger partial charge in [0.25, 0.3) is 11.5 Å². The Labute approximate surface area is 129 Å². The van der Waals surface area contributed by atoms with Gasteiger partial charge in [-0.15, -0.1) is 0 Å². The predicted octanol–water partition coefficient (Wildman–Crippen LogP) is -0.133. The van der Waals surface area contributed by atoms with Gasteiger partial charge in [0.2, 0.25) is 12.7 Å². The van der Waals surface area contributed by atoms with Crippen molar-refractivity contribution in [2.45, 2.75) is 0 Å². The second kappa shape index (κ2) is 6.18. The summed E-state index contributed by atoms with van der Waals surface area (Å²) in [5.41, 5.74) is 0.123. The Morgan fingerprint density at radius 2 is 2.00 bits per heavy atom. The number of H-pyrrole nitrogens is 1. The number of benzene rings is 1. The molecule has 0 atom stereocenters. The highest BCUT2D eigenvalue weighted by Gasteiger charge is 2.14. The minimum atomic E-state index is -0.568. The van der Waals surface area contributed by atoms with Gasteiger partial charge in [0.1, 0.15) is 5.69 Å². The molecule has 1 aliphatic heterocycles. The molecule has 1 aliphatic rings. The van der Waals surface area contributed by atoms with E-state index in [1.54, 1.807) is 18.2 Å². The molecule has 0 unspecified atom stereocenters. The van der Waals surface area contributed by atoms with Crippen LogP contribution in [0.15, 0.2) is 35.1 Å². The summed E-state index contributed by atoms with van der Waals surface area (Å²) >= 11 is 0. The molecule has 2 heterocycles. The zero-order chi connectivity index (χ0) is 16.2. The van der Waals surface area contributed by atoms with Gasteiger partial charge >= 0.3 is 0 Å². The van der Waals surface area contributed by atoms with E-state index in [1.807, 2.05) is 0 Å². The number of fused-ring (bicyclic) bond motifs is 1. The van der Waals surface area contributed by atoms with Gasteiger partial charge in [-0.1, -0.05) is 0 Å². The van der Waals surface area contributed by atoms with Crippen molar-refractivity contribution in [2.24, 2.45) is 0 Å². The lowest BCUT2D eigenvalue weighted by atomic mass is 10.2. The van der Waals surface area contributed by atoms with E-state index in [4.69, 9.17) is 9.47 Å². The zero-order valence-corrected chi connectivity index (χ0v) is 11.8. The lowest BCUT2D eigenvalue weighted by molar-refractivity contribution is -0.115. The summed E-state index contributed by atoms with van der Waals surface area (Å²) in [5, 5.41) is 10.7. The largest absolute Gasteiger partial charge is 0.454 e. The number of amides is 2. The van der Waals surface area contributed by atoms with Crippen molar-refractivity contribution >= 4 is 17.5 Å². The minimum absolute atomic E-state index is 0.0143. The molecule has 0 fully saturated rings. The summed E-state index contributed by atoms with van der Waals surface area (Å²) in [6.07, 6.45) is 0. The van der Waals surface area contributed by atoms with Crippen molar-refractivity contribution < 1.29 is 19.1 Å². The maximum Gasteiger partial charge on any atom is 0.272 e. The fraction of sp³-hybridized carbons (Fsp3) is 0.143. The smallest absolute Gasteiger partial charge is 0.272 e. The number of nitrogens with zero attached hydrogens (tertiary/aromatic N) is 1. The van der Waals surface area contributed by atoms with Gasteiger partial charge in [0, 0.05) is 17.8 Å². The second-order valence-electron chi connectivity index (χ2n) is 4.61. The van der Waals surface area contributed by atoms with E-state index < -0.39 is 17.4 Å².